The molecule has 0 bridgehead atoms. The number of allylic oxidation sites excluding steroid dienone is 1. The maximum absolute atomic E-state index is 12.7. The van der Waals surface area contributed by atoms with Gasteiger partial charge in [-0.1, -0.05) is 0 Å². The highest BCUT2D eigenvalue weighted by Crippen LogP contribution is 2.33. The largest absolute Gasteiger partial charge is 0.487 e. The number of carbonyl (C=O) groups is 1. The van der Waals surface area contributed by atoms with Crippen LogP contribution >= 0.6 is 0 Å². The number of rotatable bonds is 11. The highest BCUT2D eigenvalue weighted by atomic mass is 19.4. The summed E-state index contributed by atoms with van der Waals surface area (Å²) in [5, 5.41) is 4.08. The first kappa shape index (κ1) is 23.8. The second kappa shape index (κ2) is 11.1. The second-order valence-corrected chi connectivity index (χ2v) is 7.40. The van der Waals surface area contributed by atoms with E-state index in [0.29, 0.717) is 42.4 Å². The van der Waals surface area contributed by atoms with Crippen LogP contribution in [0.1, 0.15) is 48.2 Å². The molecule has 0 aromatic carbocycles. The molecule has 0 unspecified atom stereocenters. The Morgan fingerprint density at radius 1 is 1.19 bits per heavy atom. The van der Waals surface area contributed by atoms with Gasteiger partial charge in [0, 0.05) is 19.4 Å². The van der Waals surface area contributed by atoms with Gasteiger partial charge in [-0.25, -0.2) is 4.98 Å². The van der Waals surface area contributed by atoms with E-state index in [-0.39, 0.29) is 13.2 Å². The van der Waals surface area contributed by atoms with Crippen LogP contribution in [0.5, 0.6) is 11.6 Å². The molecule has 2 aromatic heterocycles. The first-order valence-corrected chi connectivity index (χ1v) is 10.4. The quantitative estimate of drug-likeness (QED) is 0.369. The van der Waals surface area contributed by atoms with Crippen LogP contribution in [-0.4, -0.2) is 54.2 Å². The Balaban J connectivity index is 1.74. The topological polar surface area (TPSA) is 75.5 Å². The fourth-order valence-electron chi connectivity index (χ4n) is 3.56. The first-order valence-electron chi connectivity index (χ1n) is 10.4. The summed E-state index contributed by atoms with van der Waals surface area (Å²) in [6.07, 6.45) is 1.85. The molecule has 0 saturated heterocycles. The Morgan fingerprint density at radius 2 is 2.00 bits per heavy atom. The van der Waals surface area contributed by atoms with Crippen molar-refractivity contribution in [2.75, 3.05) is 26.9 Å². The van der Waals surface area contributed by atoms with Gasteiger partial charge in [-0.05, 0) is 42.9 Å². The molecule has 0 amide bonds. The van der Waals surface area contributed by atoms with Crippen LogP contribution in [0.2, 0.25) is 0 Å². The molecule has 0 spiro atoms. The lowest BCUT2D eigenvalue weighted by molar-refractivity contribution is -0.137. The minimum Gasteiger partial charge on any atom is -0.487 e. The van der Waals surface area contributed by atoms with Crippen molar-refractivity contribution >= 4 is 11.9 Å². The van der Waals surface area contributed by atoms with Crippen LogP contribution < -0.4 is 9.47 Å². The molecule has 2 heterocycles. The fourth-order valence-corrected chi connectivity index (χ4v) is 3.56. The lowest BCUT2D eigenvalue weighted by Crippen LogP contribution is -2.16. The number of hydrogen-bond acceptors (Lipinski definition) is 6. The lowest BCUT2D eigenvalue weighted by Gasteiger charge is -2.22. The van der Waals surface area contributed by atoms with Gasteiger partial charge in [0.2, 0.25) is 5.88 Å². The maximum Gasteiger partial charge on any atom is 0.390 e. The van der Waals surface area contributed by atoms with E-state index in [9.17, 15) is 18.0 Å². The standard InChI is InChI=1S/C22H26F3N3O4/c1-30-10-11-31-21-12-17(14-29)20(13-26-21)32-15-16-4-2-3-5-18(16)19-6-8-27-28(19)9-7-22(23,24)25/h6,8,12-14H,2-5,7,9-11,15H2,1H3. The van der Waals surface area contributed by atoms with E-state index in [1.54, 1.807) is 13.2 Å². The molecule has 1 aliphatic carbocycles. The average Bonchev–Trinajstić information content (AvgIpc) is 3.25. The van der Waals surface area contributed by atoms with E-state index in [4.69, 9.17) is 14.2 Å². The van der Waals surface area contributed by atoms with Crippen molar-refractivity contribution in [1.29, 1.82) is 0 Å². The lowest BCUT2D eigenvalue weighted by atomic mass is 9.90. The zero-order valence-corrected chi connectivity index (χ0v) is 17.9. The Morgan fingerprint density at radius 3 is 2.75 bits per heavy atom. The van der Waals surface area contributed by atoms with Gasteiger partial charge in [-0.3, -0.25) is 9.48 Å². The number of methoxy groups -OCH3 is 1. The summed E-state index contributed by atoms with van der Waals surface area (Å²) >= 11 is 0. The first-order chi connectivity index (χ1) is 15.4. The smallest absolute Gasteiger partial charge is 0.390 e. The third kappa shape index (κ3) is 6.56. The predicted octanol–water partition coefficient (Wildman–Crippen LogP) is 4.47. The summed E-state index contributed by atoms with van der Waals surface area (Å²) in [5.41, 5.74) is 2.93. The number of alkyl halides is 3. The minimum atomic E-state index is -4.24. The minimum absolute atomic E-state index is 0.214. The van der Waals surface area contributed by atoms with Crippen molar-refractivity contribution in [3.05, 3.63) is 41.4 Å². The number of nitrogens with zero attached hydrogens (tertiary/aromatic N) is 3. The summed E-state index contributed by atoms with van der Waals surface area (Å²) < 4.78 is 55.6. The summed E-state index contributed by atoms with van der Waals surface area (Å²) in [5.74, 6) is 0.615. The molecular weight excluding hydrogens is 427 g/mol. The molecule has 2 aromatic rings. The van der Waals surface area contributed by atoms with E-state index in [1.165, 1.54) is 23.1 Å². The number of aldehydes is 1. The van der Waals surface area contributed by atoms with E-state index in [1.807, 2.05) is 0 Å². The highest BCUT2D eigenvalue weighted by molar-refractivity contribution is 5.79. The summed E-state index contributed by atoms with van der Waals surface area (Å²) in [4.78, 5) is 15.7. The van der Waals surface area contributed by atoms with Crippen molar-refractivity contribution < 1.29 is 32.2 Å². The third-order valence-electron chi connectivity index (χ3n) is 5.15. The molecule has 7 nitrogen and oxygen atoms in total. The number of pyridine rings is 1. The molecule has 0 fully saturated rings. The number of aryl methyl sites for hydroxylation is 1. The van der Waals surface area contributed by atoms with Crippen molar-refractivity contribution in [2.24, 2.45) is 0 Å². The molecular formula is C22H26F3N3O4. The van der Waals surface area contributed by atoms with Gasteiger partial charge < -0.3 is 14.2 Å². The van der Waals surface area contributed by atoms with Crippen molar-refractivity contribution in [3.63, 3.8) is 0 Å². The van der Waals surface area contributed by atoms with Gasteiger partial charge in [-0.15, -0.1) is 0 Å². The molecule has 0 N–H and O–H groups in total. The van der Waals surface area contributed by atoms with Gasteiger partial charge >= 0.3 is 6.18 Å². The monoisotopic (exact) mass is 453 g/mol. The van der Waals surface area contributed by atoms with E-state index in [2.05, 4.69) is 10.1 Å². The third-order valence-corrected chi connectivity index (χ3v) is 5.15. The number of ether oxygens (including phenoxy) is 3. The second-order valence-electron chi connectivity index (χ2n) is 7.40. The fraction of sp³-hybridized carbons (Fsp3) is 0.500. The summed E-state index contributed by atoms with van der Waals surface area (Å²) in [6.45, 7) is 0.687. The van der Waals surface area contributed by atoms with E-state index >= 15 is 0 Å². The number of halogens is 3. The van der Waals surface area contributed by atoms with Gasteiger partial charge in [0.05, 0.1) is 37.0 Å². The normalized spacial score (nSPS) is 14.5. The van der Waals surface area contributed by atoms with Crippen molar-refractivity contribution in [2.45, 2.75) is 44.8 Å². The number of hydrogen-bond donors (Lipinski definition) is 0. The van der Waals surface area contributed by atoms with E-state index < -0.39 is 12.6 Å². The number of aromatic nitrogens is 3. The van der Waals surface area contributed by atoms with Crippen LogP contribution in [0.4, 0.5) is 13.2 Å². The Bertz CT molecular complexity index is 941. The molecule has 32 heavy (non-hydrogen) atoms. The molecule has 0 aliphatic heterocycles. The van der Waals surface area contributed by atoms with Gasteiger partial charge in [-0.2, -0.15) is 18.3 Å². The van der Waals surface area contributed by atoms with Crippen LogP contribution in [0, 0.1) is 0 Å². The van der Waals surface area contributed by atoms with Crippen LogP contribution in [0.15, 0.2) is 30.1 Å². The van der Waals surface area contributed by atoms with Gasteiger partial charge in [0.15, 0.2) is 6.29 Å². The Labute approximate surface area is 184 Å². The van der Waals surface area contributed by atoms with Crippen molar-refractivity contribution in [1.82, 2.24) is 14.8 Å². The average molecular weight is 453 g/mol. The van der Waals surface area contributed by atoms with E-state index in [0.717, 1.165) is 36.8 Å². The summed E-state index contributed by atoms with van der Waals surface area (Å²) in [7, 11) is 1.56. The zero-order valence-electron chi connectivity index (χ0n) is 17.9. The molecule has 174 valence electrons. The highest BCUT2D eigenvalue weighted by Gasteiger charge is 2.28. The zero-order chi connectivity index (χ0) is 23.0. The molecule has 3 rings (SSSR count). The van der Waals surface area contributed by atoms with Crippen LogP contribution in [0.25, 0.3) is 5.57 Å². The maximum atomic E-state index is 12.7. The summed E-state index contributed by atoms with van der Waals surface area (Å²) in [6, 6.07) is 3.24. The molecule has 0 radical (unpaired) electrons. The molecule has 0 saturated carbocycles. The molecule has 0 atom stereocenters. The van der Waals surface area contributed by atoms with Gasteiger partial charge in [0.25, 0.3) is 0 Å². The van der Waals surface area contributed by atoms with Crippen LogP contribution in [0.3, 0.4) is 0 Å². The number of carbonyl (C=O) groups excluding carboxylic acids is 1. The van der Waals surface area contributed by atoms with Gasteiger partial charge in [0.1, 0.15) is 19.0 Å². The SMILES string of the molecule is COCCOc1cc(C=O)c(OCC2=C(c3ccnn3CCC(F)(F)F)CCCC2)cn1. The Kier molecular flexibility index (Phi) is 8.26. The molecule has 1 aliphatic rings. The van der Waals surface area contributed by atoms with Crippen LogP contribution in [-0.2, 0) is 11.3 Å². The Hall–Kier alpha value is -2.88. The van der Waals surface area contributed by atoms with Crippen molar-refractivity contribution in [3.8, 4) is 11.6 Å². The predicted molar refractivity (Wildman–Crippen MR) is 111 cm³/mol. The molecule has 10 heteroatoms.